The van der Waals surface area contributed by atoms with E-state index in [1.165, 1.54) is 6.42 Å². The van der Waals surface area contributed by atoms with Crippen molar-refractivity contribution in [2.75, 3.05) is 0 Å². The molecule has 0 aromatic carbocycles. The van der Waals surface area contributed by atoms with Gasteiger partial charge in [0.2, 0.25) is 0 Å². The van der Waals surface area contributed by atoms with Crippen LogP contribution in [0.15, 0.2) is 0 Å². The van der Waals surface area contributed by atoms with Gasteiger partial charge >= 0.3 is 0 Å². The van der Waals surface area contributed by atoms with Crippen molar-refractivity contribution in [1.82, 2.24) is 0 Å². The van der Waals surface area contributed by atoms with Crippen molar-refractivity contribution in [3.63, 3.8) is 0 Å². The fraction of sp³-hybridized carbons (Fsp3) is 1.00. The zero-order chi connectivity index (χ0) is 13.0. The van der Waals surface area contributed by atoms with Gasteiger partial charge in [0.1, 0.15) is 0 Å². The van der Waals surface area contributed by atoms with Crippen molar-refractivity contribution in [3.05, 3.63) is 0 Å². The van der Waals surface area contributed by atoms with Crippen LogP contribution in [-0.2, 0) is 0 Å². The van der Waals surface area contributed by atoms with Gasteiger partial charge in [0.25, 0.3) is 0 Å². The highest BCUT2D eigenvalue weighted by molar-refractivity contribution is 5.02. The summed E-state index contributed by atoms with van der Waals surface area (Å²) in [6.45, 7) is 5.25. The van der Waals surface area contributed by atoms with Crippen molar-refractivity contribution < 1.29 is 0 Å². The van der Waals surface area contributed by atoms with Gasteiger partial charge in [-0.15, -0.1) is 0 Å². The average Bonchev–Trinajstić information content (AvgIpc) is 2.92. The first kappa shape index (κ1) is 12.7. The molecule has 8 atom stereocenters. The smallest absolute Gasteiger partial charge is 0.0324 e. The van der Waals surface area contributed by atoms with Gasteiger partial charge in [-0.2, -0.15) is 0 Å². The first-order valence-electron chi connectivity index (χ1n) is 9.27. The molecule has 19 heavy (non-hydrogen) atoms. The molecule has 4 aliphatic carbocycles. The molecule has 0 heterocycles. The van der Waals surface area contributed by atoms with Crippen LogP contribution in [0.3, 0.4) is 0 Å². The highest BCUT2D eigenvalue weighted by Crippen LogP contribution is 2.61. The molecule has 4 aliphatic rings. The largest absolute Gasteiger partial charge is 0.0620 e. The standard InChI is InChI=1S/C19H32/c1-12-13(2)19-16-9-5-6-14(16)10-11-18(19)17-8-4-3-7-15(12)17/h12-19H,3-11H2,1-2H3/t12-,13?,14?,15?,16?,17?,18?,19?/m0/s1. The Morgan fingerprint density at radius 3 is 2.11 bits per heavy atom. The molecule has 0 heteroatoms. The fourth-order valence-corrected chi connectivity index (χ4v) is 7.24. The molecule has 0 amide bonds. The van der Waals surface area contributed by atoms with Gasteiger partial charge in [-0.1, -0.05) is 39.5 Å². The van der Waals surface area contributed by atoms with Crippen molar-refractivity contribution in [2.45, 2.75) is 71.6 Å². The Hall–Kier alpha value is 0. The molecule has 108 valence electrons. The van der Waals surface area contributed by atoms with Crippen molar-refractivity contribution >= 4 is 0 Å². The third-order valence-corrected chi connectivity index (χ3v) is 8.11. The fourth-order valence-electron chi connectivity index (χ4n) is 7.24. The molecule has 7 unspecified atom stereocenters. The summed E-state index contributed by atoms with van der Waals surface area (Å²) in [6.07, 6.45) is 14.1. The van der Waals surface area contributed by atoms with E-state index in [9.17, 15) is 0 Å². The molecule has 0 radical (unpaired) electrons. The van der Waals surface area contributed by atoms with Gasteiger partial charge in [-0.3, -0.25) is 0 Å². The lowest BCUT2D eigenvalue weighted by atomic mass is 9.48. The minimum Gasteiger partial charge on any atom is -0.0620 e. The lowest BCUT2D eigenvalue weighted by Gasteiger charge is -2.57. The molecule has 0 nitrogen and oxygen atoms in total. The Balaban J connectivity index is 1.65. The second kappa shape index (κ2) is 4.78. The summed E-state index contributed by atoms with van der Waals surface area (Å²) in [5.74, 6) is 8.80. The van der Waals surface area contributed by atoms with E-state index in [-0.39, 0.29) is 0 Å². The van der Waals surface area contributed by atoms with Crippen LogP contribution in [0.25, 0.3) is 0 Å². The summed E-state index contributed by atoms with van der Waals surface area (Å²) in [5.41, 5.74) is 0. The van der Waals surface area contributed by atoms with Gasteiger partial charge in [0.05, 0.1) is 0 Å². The SMILES string of the molecule is CC1C2C3CCCC3CCC2C2CCCCC2[C@H]1C. The topological polar surface area (TPSA) is 0 Å². The third kappa shape index (κ3) is 1.84. The molecule has 0 aliphatic heterocycles. The molecule has 0 bridgehead atoms. The van der Waals surface area contributed by atoms with Crippen molar-refractivity contribution in [2.24, 2.45) is 47.3 Å². The van der Waals surface area contributed by atoms with Gasteiger partial charge in [0, 0.05) is 0 Å². The molecular weight excluding hydrogens is 228 g/mol. The molecule has 0 aromatic rings. The van der Waals surface area contributed by atoms with Crippen LogP contribution >= 0.6 is 0 Å². The van der Waals surface area contributed by atoms with E-state index in [4.69, 9.17) is 0 Å². The Bertz CT molecular complexity index is 333. The predicted molar refractivity (Wildman–Crippen MR) is 80.8 cm³/mol. The second-order valence-electron chi connectivity index (χ2n) is 8.50. The summed E-state index contributed by atoms with van der Waals surface area (Å²) in [7, 11) is 0. The lowest BCUT2D eigenvalue weighted by Crippen LogP contribution is -2.50. The van der Waals surface area contributed by atoms with Crippen LogP contribution in [0, 0.1) is 47.3 Å². The predicted octanol–water partition coefficient (Wildman–Crippen LogP) is 5.52. The van der Waals surface area contributed by atoms with Crippen LogP contribution < -0.4 is 0 Å². The number of rotatable bonds is 0. The first-order valence-corrected chi connectivity index (χ1v) is 9.27. The van der Waals surface area contributed by atoms with Gasteiger partial charge < -0.3 is 0 Å². The number of hydrogen-bond acceptors (Lipinski definition) is 0. The summed E-state index contributed by atoms with van der Waals surface area (Å²) in [4.78, 5) is 0. The Morgan fingerprint density at radius 2 is 1.26 bits per heavy atom. The van der Waals surface area contributed by atoms with E-state index in [1.807, 2.05) is 0 Å². The molecular formula is C19H32. The van der Waals surface area contributed by atoms with Gasteiger partial charge in [0.15, 0.2) is 0 Å². The van der Waals surface area contributed by atoms with Gasteiger partial charge in [-0.25, -0.2) is 0 Å². The summed E-state index contributed by atoms with van der Waals surface area (Å²) in [6, 6.07) is 0. The van der Waals surface area contributed by atoms with E-state index in [0.29, 0.717) is 0 Å². The van der Waals surface area contributed by atoms with Crippen LogP contribution in [0.4, 0.5) is 0 Å². The van der Waals surface area contributed by atoms with E-state index in [2.05, 4.69) is 13.8 Å². The maximum atomic E-state index is 2.63. The zero-order valence-corrected chi connectivity index (χ0v) is 13.0. The Morgan fingerprint density at radius 1 is 0.526 bits per heavy atom. The van der Waals surface area contributed by atoms with Crippen LogP contribution in [0.2, 0.25) is 0 Å². The quantitative estimate of drug-likeness (QED) is 0.538. The van der Waals surface area contributed by atoms with E-state index in [1.54, 1.807) is 51.4 Å². The minimum absolute atomic E-state index is 1.02. The number of hydrogen-bond donors (Lipinski definition) is 0. The Labute approximate surface area is 119 Å². The third-order valence-electron chi connectivity index (χ3n) is 8.11. The highest BCUT2D eigenvalue weighted by Gasteiger charge is 2.53. The van der Waals surface area contributed by atoms with E-state index >= 15 is 0 Å². The first-order chi connectivity index (χ1) is 9.27. The maximum absolute atomic E-state index is 2.63. The monoisotopic (exact) mass is 260 g/mol. The van der Waals surface area contributed by atoms with E-state index < -0.39 is 0 Å². The molecule has 0 aromatic heterocycles. The summed E-state index contributed by atoms with van der Waals surface area (Å²) >= 11 is 0. The van der Waals surface area contributed by atoms with Crippen LogP contribution in [0.5, 0.6) is 0 Å². The minimum atomic E-state index is 1.02. The molecule has 4 rings (SSSR count). The van der Waals surface area contributed by atoms with Crippen molar-refractivity contribution in [3.8, 4) is 0 Å². The van der Waals surface area contributed by atoms with Gasteiger partial charge in [-0.05, 0) is 79.4 Å². The number of fused-ring (bicyclic) bond motifs is 5. The highest BCUT2D eigenvalue weighted by atomic mass is 14.6. The van der Waals surface area contributed by atoms with Crippen LogP contribution in [0.1, 0.15) is 71.6 Å². The summed E-state index contributed by atoms with van der Waals surface area (Å²) < 4.78 is 0. The second-order valence-corrected chi connectivity index (χ2v) is 8.50. The summed E-state index contributed by atoms with van der Waals surface area (Å²) in [5, 5.41) is 0. The van der Waals surface area contributed by atoms with Crippen LogP contribution in [-0.4, -0.2) is 0 Å². The van der Waals surface area contributed by atoms with E-state index in [0.717, 1.165) is 47.3 Å². The average molecular weight is 260 g/mol. The maximum Gasteiger partial charge on any atom is -0.0324 e. The normalized spacial score (nSPS) is 57.2. The molecule has 0 N–H and O–H groups in total. The molecule has 0 saturated heterocycles. The Kier molecular flexibility index (Phi) is 3.20. The molecule has 0 spiro atoms. The molecule has 4 fully saturated rings. The molecule has 4 saturated carbocycles. The zero-order valence-electron chi connectivity index (χ0n) is 13.0. The lowest BCUT2D eigenvalue weighted by molar-refractivity contribution is -0.0844. The van der Waals surface area contributed by atoms with Crippen molar-refractivity contribution in [1.29, 1.82) is 0 Å².